The molecular weight excluding hydrogens is 280 g/mol. The smallest absolute Gasteiger partial charge is 0.320 e. The molecule has 0 aromatic heterocycles. The second kappa shape index (κ2) is 8.57. The van der Waals surface area contributed by atoms with Gasteiger partial charge in [0.2, 0.25) is 0 Å². The van der Waals surface area contributed by atoms with Crippen LogP contribution in [-0.2, 0) is 24.5 Å². The van der Waals surface area contributed by atoms with Crippen molar-refractivity contribution in [3.63, 3.8) is 0 Å². The van der Waals surface area contributed by atoms with E-state index >= 15 is 0 Å². The second-order valence-electron chi connectivity index (χ2n) is 5.54. The van der Waals surface area contributed by atoms with Crippen LogP contribution in [-0.4, -0.2) is 25.2 Å². The third-order valence-corrected chi connectivity index (χ3v) is 4.05. The minimum absolute atomic E-state index is 0.253. The van der Waals surface area contributed by atoms with E-state index in [1.54, 1.807) is 13.8 Å². The molecule has 4 nitrogen and oxygen atoms in total. The summed E-state index contributed by atoms with van der Waals surface area (Å²) in [5, 5.41) is 0. The first-order valence-electron chi connectivity index (χ1n) is 7.87. The van der Waals surface area contributed by atoms with Gasteiger partial charge in [-0.2, -0.15) is 0 Å². The van der Waals surface area contributed by atoms with Crippen LogP contribution in [0.1, 0.15) is 46.1 Å². The van der Waals surface area contributed by atoms with Crippen LogP contribution >= 0.6 is 0 Å². The van der Waals surface area contributed by atoms with E-state index in [-0.39, 0.29) is 18.6 Å². The van der Waals surface area contributed by atoms with Crippen molar-refractivity contribution >= 4 is 11.9 Å². The average Bonchev–Trinajstić information content (AvgIpc) is 2.53. The average molecular weight is 306 g/mol. The molecular formula is C18H26O4. The largest absolute Gasteiger partial charge is 0.465 e. The summed E-state index contributed by atoms with van der Waals surface area (Å²) < 4.78 is 10.1. The fourth-order valence-corrected chi connectivity index (χ4v) is 2.51. The topological polar surface area (TPSA) is 52.6 Å². The van der Waals surface area contributed by atoms with Crippen molar-refractivity contribution < 1.29 is 19.1 Å². The van der Waals surface area contributed by atoms with Crippen molar-refractivity contribution in [1.82, 2.24) is 0 Å². The highest BCUT2D eigenvalue weighted by Crippen LogP contribution is 2.35. The summed E-state index contributed by atoms with van der Waals surface area (Å²) in [6.45, 7) is 8.09. The van der Waals surface area contributed by atoms with Crippen molar-refractivity contribution in [3.05, 3.63) is 35.9 Å². The fourth-order valence-electron chi connectivity index (χ4n) is 2.51. The summed E-state index contributed by atoms with van der Waals surface area (Å²) in [5.74, 6) is -1.89. The predicted molar refractivity (Wildman–Crippen MR) is 85.5 cm³/mol. The van der Waals surface area contributed by atoms with Crippen LogP contribution in [0.4, 0.5) is 0 Å². The van der Waals surface area contributed by atoms with Crippen molar-refractivity contribution in [2.24, 2.45) is 5.92 Å². The first kappa shape index (κ1) is 18.2. The SMILES string of the molecule is CCOC(=O)C(CC(C)(CC)c1ccccc1)C(=O)OCC. The quantitative estimate of drug-likeness (QED) is 0.545. The molecule has 1 unspecified atom stereocenters. The van der Waals surface area contributed by atoms with Crippen LogP contribution in [0.25, 0.3) is 0 Å². The van der Waals surface area contributed by atoms with Gasteiger partial charge in [-0.1, -0.05) is 44.2 Å². The molecule has 0 saturated carbocycles. The van der Waals surface area contributed by atoms with E-state index in [0.29, 0.717) is 6.42 Å². The lowest BCUT2D eigenvalue weighted by molar-refractivity contribution is -0.162. The predicted octanol–water partition coefficient (Wildman–Crippen LogP) is 3.49. The Kier molecular flexibility index (Phi) is 7.09. The number of benzene rings is 1. The van der Waals surface area contributed by atoms with E-state index in [1.807, 2.05) is 30.3 Å². The number of hydrogen-bond donors (Lipinski definition) is 0. The molecule has 0 N–H and O–H groups in total. The van der Waals surface area contributed by atoms with E-state index in [9.17, 15) is 9.59 Å². The van der Waals surface area contributed by atoms with Crippen LogP contribution in [0, 0.1) is 5.92 Å². The molecule has 0 aliphatic carbocycles. The third kappa shape index (κ3) is 4.58. The molecule has 0 bridgehead atoms. The summed E-state index contributed by atoms with van der Waals surface area (Å²) in [4.78, 5) is 24.3. The molecule has 0 aliphatic heterocycles. The van der Waals surface area contributed by atoms with Gasteiger partial charge in [-0.15, -0.1) is 0 Å². The van der Waals surface area contributed by atoms with Crippen molar-refractivity contribution in [2.75, 3.05) is 13.2 Å². The van der Waals surface area contributed by atoms with Gasteiger partial charge in [0.05, 0.1) is 13.2 Å². The Hall–Kier alpha value is -1.84. The molecule has 22 heavy (non-hydrogen) atoms. The Balaban J connectivity index is 3.04. The zero-order valence-electron chi connectivity index (χ0n) is 13.9. The monoisotopic (exact) mass is 306 g/mol. The number of esters is 2. The number of carbonyl (C=O) groups is 2. The zero-order valence-corrected chi connectivity index (χ0v) is 13.9. The van der Waals surface area contributed by atoms with Crippen molar-refractivity contribution in [1.29, 1.82) is 0 Å². The number of ether oxygens (including phenoxy) is 2. The van der Waals surface area contributed by atoms with Crippen LogP contribution in [0.2, 0.25) is 0 Å². The fraction of sp³-hybridized carbons (Fsp3) is 0.556. The Morgan fingerprint density at radius 3 is 1.91 bits per heavy atom. The maximum absolute atomic E-state index is 12.2. The van der Waals surface area contributed by atoms with Gasteiger partial charge < -0.3 is 9.47 Å². The summed E-state index contributed by atoms with van der Waals surface area (Å²) in [7, 11) is 0. The number of rotatable bonds is 8. The van der Waals surface area contributed by atoms with E-state index in [2.05, 4.69) is 13.8 Å². The van der Waals surface area contributed by atoms with Crippen LogP contribution in [0.5, 0.6) is 0 Å². The standard InChI is InChI=1S/C18H26O4/c1-5-18(4,14-11-9-8-10-12-14)13-15(16(19)21-6-2)17(20)22-7-3/h8-12,15H,5-7,13H2,1-4H3. The van der Waals surface area contributed by atoms with E-state index in [1.165, 1.54) is 0 Å². The van der Waals surface area contributed by atoms with Gasteiger partial charge in [0.15, 0.2) is 5.92 Å². The molecule has 4 heteroatoms. The van der Waals surface area contributed by atoms with Crippen LogP contribution in [0.15, 0.2) is 30.3 Å². The molecule has 1 aromatic carbocycles. The van der Waals surface area contributed by atoms with Crippen molar-refractivity contribution in [3.8, 4) is 0 Å². The van der Waals surface area contributed by atoms with Crippen LogP contribution < -0.4 is 0 Å². The minimum Gasteiger partial charge on any atom is -0.465 e. The van der Waals surface area contributed by atoms with Gasteiger partial charge in [-0.05, 0) is 37.7 Å². The molecule has 1 aromatic rings. The Morgan fingerprint density at radius 1 is 1.00 bits per heavy atom. The molecule has 0 heterocycles. The molecule has 0 saturated heterocycles. The lowest BCUT2D eigenvalue weighted by atomic mass is 9.73. The van der Waals surface area contributed by atoms with Crippen molar-refractivity contribution in [2.45, 2.75) is 46.0 Å². The summed E-state index contributed by atoms with van der Waals surface area (Å²) >= 11 is 0. The highest BCUT2D eigenvalue weighted by atomic mass is 16.6. The third-order valence-electron chi connectivity index (χ3n) is 4.05. The second-order valence-corrected chi connectivity index (χ2v) is 5.54. The molecule has 0 fully saturated rings. The number of hydrogen-bond acceptors (Lipinski definition) is 4. The molecule has 0 spiro atoms. The molecule has 0 aliphatic rings. The molecule has 122 valence electrons. The summed E-state index contributed by atoms with van der Waals surface area (Å²) in [6.07, 6.45) is 1.19. The lowest BCUT2D eigenvalue weighted by Gasteiger charge is -2.31. The van der Waals surface area contributed by atoms with E-state index < -0.39 is 17.9 Å². The normalized spacial score (nSPS) is 13.5. The highest BCUT2D eigenvalue weighted by Gasteiger charge is 2.37. The maximum atomic E-state index is 12.2. The van der Waals surface area contributed by atoms with Gasteiger partial charge in [-0.25, -0.2) is 0 Å². The maximum Gasteiger partial charge on any atom is 0.320 e. The van der Waals surface area contributed by atoms with E-state index in [4.69, 9.17) is 9.47 Å². The zero-order chi connectivity index (χ0) is 16.6. The van der Waals surface area contributed by atoms with Gasteiger partial charge in [0.25, 0.3) is 0 Å². The molecule has 0 amide bonds. The summed E-state index contributed by atoms with van der Waals surface area (Å²) in [5.41, 5.74) is 0.821. The Labute approximate surface area is 132 Å². The van der Waals surface area contributed by atoms with Crippen LogP contribution in [0.3, 0.4) is 0 Å². The first-order chi connectivity index (χ1) is 10.5. The minimum atomic E-state index is -0.884. The Morgan fingerprint density at radius 2 is 1.50 bits per heavy atom. The first-order valence-corrected chi connectivity index (χ1v) is 7.87. The van der Waals surface area contributed by atoms with Gasteiger partial charge >= 0.3 is 11.9 Å². The molecule has 1 rings (SSSR count). The van der Waals surface area contributed by atoms with E-state index in [0.717, 1.165) is 12.0 Å². The summed E-state index contributed by atoms with van der Waals surface area (Å²) in [6, 6.07) is 9.93. The number of carbonyl (C=O) groups excluding carboxylic acids is 2. The molecule has 0 radical (unpaired) electrons. The van der Waals surface area contributed by atoms with Gasteiger partial charge in [0, 0.05) is 0 Å². The molecule has 1 atom stereocenters. The highest BCUT2D eigenvalue weighted by molar-refractivity contribution is 5.95. The van der Waals surface area contributed by atoms with Gasteiger partial charge in [0.1, 0.15) is 0 Å². The lowest BCUT2D eigenvalue weighted by Crippen LogP contribution is -2.35. The van der Waals surface area contributed by atoms with Gasteiger partial charge in [-0.3, -0.25) is 9.59 Å². The Bertz CT molecular complexity index is 465.